The van der Waals surface area contributed by atoms with Crippen LogP contribution in [0.25, 0.3) is 0 Å². The van der Waals surface area contributed by atoms with Gasteiger partial charge in [0.15, 0.2) is 11.5 Å². The maximum atomic E-state index is 5.56. The van der Waals surface area contributed by atoms with E-state index in [2.05, 4.69) is 5.32 Å². The molecule has 0 bridgehead atoms. The minimum Gasteiger partial charge on any atom is -0.490 e. The average molecular weight is 238 g/mol. The molecule has 3 N–H and O–H groups in total. The van der Waals surface area contributed by atoms with E-state index in [4.69, 9.17) is 15.2 Å². The maximum Gasteiger partial charge on any atom is 0.161 e. The summed E-state index contributed by atoms with van der Waals surface area (Å²) < 4.78 is 11.1. The summed E-state index contributed by atoms with van der Waals surface area (Å²) in [6.45, 7) is 7.47. The lowest BCUT2D eigenvalue weighted by atomic mass is 10.2. The lowest BCUT2D eigenvalue weighted by molar-refractivity contribution is 0.287. The topological polar surface area (TPSA) is 56.5 Å². The summed E-state index contributed by atoms with van der Waals surface area (Å²) >= 11 is 0. The number of benzene rings is 1. The molecule has 0 atom stereocenters. The van der Waals surface area contributed by atoms with Crippen LogP contribution in [-0.4, -0.2) is 26.3 Å². The molecule has 0 aliphatic rings. The number of hydrogen-bond acceptors (Lipinski definition) is 4. The van der Waals surface area contributed by atoms with E-state index in [0.29, 0.717) is 19.8 Å². The fraction of sp³-hybridized carbons (Fsp3) is 0.538. The molecule has 0 saturated carbocycles. The van der Waals surface area contributed by atoms with Crippen LogP contribution in [0.4, 0.5) is 0 Å². The Labute approximate surface area is 103 Å². The van der Waals surface area contributed by atoms with Crippen LogP contribution in [0.3, 0.4) is 0 Å². The first kappa shape index (κ1) is 13.8. The van der Waals surface area contributed by atoms with Crippen LogP contribution in [0.1, 0.15) is 19.4 Å². The first-order chi connectivity index (χ1) is 8.31. The quantitative estimate of drug-likeness (QED) is 0.674. The highest BCUT2D eigenvalue weighted by Gasteiger charge is 2.05. The largest absolute Gasteiger partial charge is 0.490 e. The summed E-state index contributed by atoms with van der Waals surface area (Å²) in [7, 11) is 0. The molecule has 0 aliphatic heterocycles. The molecule has 0 spiro atoms. The van der Waals surface area contributed by atoms with Gasteiger partial charge in [-0.2, -0.15) is 0 Å². The van der Waals surface area contributed by atoms with Gasteiger partial charge < -0.3 is 20.5 Å². The Morgan fingerprint density at radius 3 is 2.47 bits per heavy atom. The molecule has 4 heteroatoms. The van der Waals surface area contributed by atoms with Gasteiger partial charge in [-0.05, 0) is 31.5 Å². The number of ether oxygens (including phenoxy) is 2. The Hall–Kier alpha value is -1.26. The molecule has 0 aromatic heterocycles. The van der Waals surface area contributed by atoms with Gasteiger partial charge in [0.25, 0.3) is 0 Å². The minimum absolute atomic E-state index is 0.639. The minimum atomic E-state index is 0.639. The third-order valence-electron chi connectivity index (χ3n) is 2.26. The van der Waals surface area contributed by atoms with Gasteiger partial charge in [-0.25, -0.2) is 0 Å². The first-order valence-electron chi connectivity index (χ1n) is 6.11. The van der Waals surface area contributed by atoms with Crippen molar-refractivity contribution in [1.82, 2.24) is 5.32 Å². The van der Waals surface area contributed by atoms with Gasteiger partial charge in [-0.3, -0.25) is 0 Å². The molecule has 4 nitrogen and oxygen atoms in total. The van der Waals surface area contributed by atoms with Crippen molar-refractivity contribution in [2.45, 2.75) is 20.4 Å². The zero-order valence-corrected chi connectivity index (χ0v) is 10.7. The average Bonchev–Trinajstić information content (AvgIpc) is 2.33. The van der Waals surface area contributed by atoms with Gasteiger partial charge in [0.2, 0.25) is 0 Å². The normalized spacial score (nSPS) is 10.3. The Bertz CT molecular complexity index is 329. The van der Waals surface area contributed by atoms with Crippen LogP contribution >= 0.6 is 0 Å². The summed E-state index contributed by atoms with van der Waals surface area (Å²) in [5.41, 5.74) is 6.60. The molecular weight excluding hydrogens is 216 g/mol. The molecule has 1 rings (SSSR count). The number of rotatable bonds is 8. The Kier molecular flexibility index (Phi) is 6.43. The first-order valence-corrected chi connectivity index (χ1v) is 6.11. The lowest BCUT2D eigenvalue weighted by Crippen LogP contribution is -2.21. The van der Waals surface area contributed by atoms with Crippen molar-refractivity contribution in [3.05, 3.63) is 23.8 Å². The fourth-order valence-corrected chi connectivity index (χ4v) is 1.54. The van der Waals surface area contributed by atoms with Crippen LogP contribution in [0.15, 0.2) is 18.2 Å². The van der Waals surface area contributed by atoms with E-state index in [-0.39, 0.29) is 0 Å². The number of nitrogens with one attached hydrogen (secondary N) is 1. The summed E-state index contributed by atoms with van der Waals surface area (Å²) in [6.07, 6.45) is 0. The van der Waals surface area contributed by atoms with Gasteiger partial charge in [0, 0.05) is 19.6 Å². The van der Waals surface area contributed by atoms with Gasteiger partial charge in [-0.1, -0.05) is 6.07 Å². The number of nitrogens with two attached hydrogens (primary N) is 1. The molecule has 0 saturated heterocycles. The van der Waals surface area contributed by atoms with Gasteiger partial charge in [0.1, 0.15) is 0 Å². The van der Waals surface area contributed by atoms with Gasteiger partial charge in [0.05, 0.1) is 13.2 Å². The summed E-state index contributed by atoms with van der Waals surface area (Å²) in [6, 6.07) is 6.00. The van der Waals surface area contributed by atoms with E-state index in [0.717, 1.165) is 24.6 Å². The molecule has 0 fully saturated rings. The molecule has 0 aliphatic carbocycles. The molecule has 0 amide bonds. The third-order valence-corrected chi connectivity index (χ3v) is 2.26. The monoisotopic (exact) mass is 238 g/mol. The van der Waals surface area contributed by atoms with Crippen LogP contribution in [0.5, 0.6) is 11.5 Å². The molecule has 96 valence electrons. The lowest BCUT2D eigenvalue weighted by Gasteiger charge is -2.12. The second-order valence-corrected chi connectivity index (χ2v) is 3.61. The van der Waals surface area contributed by atoms with Gasteiger partial charge in [-0.15, -0.1) is 0 Å². The zero-order valence-electron chi connectivity index (χ0n) is 10.7. The predicted octanol–water partition coefficient (Wildman–Crippen LogP) is 1.53. The van der Waals surface area contributed by atoms with Crippen molar-refractivity contribution in [1.29, 1.82) is 0 Å². The molecule has 1 aromatic rings. The summed E-state index contributed by atoms with van der Waals surface area (Å²) in [5.74, 6) is 1.61. The van der Waals surface area contributed by atoms with E-state index in [9.17, 15) is 0 Å². The van der Waals surface area contributed by atoms with Crippen LogP contribution < -0.4 is 20.5 Å². The summed E-state index contributed by atoms with van der Waals surface area (Å²) in [4.78, 5) is 0. The van der Waals surface area contributed by atoms with E-state index in [1.165, 1.54) is 5.56 Å². The Balaban J connectivity index is 2.70. The molecule has 0 unspecified atom stereocenters. The molecule has 0 heterocycles. The van der Waals surface area contributed by atoms with Crippen LogP contribution in [-0.2, 0) is 6.54 Å². The van der Waals surface area contributed by atoms with Crippen molar-refractivity contribution >= 4 is 0 Å². The maximum absolute atomic E-state index is 5.56. The van der Waals surface area contributed by atoms with E-state index >= 15 is 0 Å². The van der Waals surface area contributed by atoms with E-state index in [1.807, 2.05) is 32.0 Å². The molecule has 0 radical (unpaired) electrons. The molecule has 17 heavy (non-hydrogen) atoms. The summed E-state index contributed by atoms with van der Waals surface area (Å²) in [5, 5.41) is 3.25. The van der Waals surface area contributed by atoms with Crippen molar-refractivity contribution in [2.24, 2.45) is 5.73 Å². The fourth-order valence-electron chi connectivity index (χ4n) is 1.54. The van der Waals surface area contributed by atoms with Crippen molar-refractivity contribution in [3.63, 3.8) is 0 Å². The predicted molar refractivity (Wildman–Crippen MR) is 69.5 cm³/mol. The molecular formula is C13H22N2O2. The highest BCUT2D eigenvalue weighted by Crippen LogP contribution is 2.28. The smallest absolute Gasteiger partial charge is 0.161 e. The second-order valence-electron chi connectivity index (χ2n) is 3.61. The second kappa shape index (κ2) is 7.92. The highest BCUT2D eigenvalue weighted by atomic mass is 16.5. The number of hydrogen-bond donors (Lipinski definition) is 2. The van der Waals surface area contributed by atoms with Crippen molar-refractivity contribution < 1.29 is 9.47 Å². The zero-order chi connectivity index (χ0) is 12.5. The van der Waals surface area contributed by atoms with E-state index < -0.39 is 0 Å². The SMILES string of the molecule is CCOc1ccc(CNCCN)cc1OCC. The van der Waals surface area contributed by atoms with Crippen LogP contribution in [0.2, 0.25) is 0 Å². The standard InChI is InChI=1S/C13H22N2O2/c1-3-16-12-6-5-11(10-15-8-7-14)9-13(12)17-4-2/h5-6,9,15H,3-4,7-8,10,14H2,1-2H3. The van der Waals surface area contributed by atoms with Crippen molar-refractivity contribution in [2.75, 3.05) is 26.3 Å². The third kappa shape index (κ3) is 4.63. The van der Waals surface area contributed by atoms with Crippen LogP contribution in [0, 0.1) is 0 Å². The van der Waals surface area contributed by atoms with Crippen molar-refractivity contribution in [3.8, 4) is 11.5 Å². The Morgan fingerprint density at radius 1 is 1.12 bits per heavy atom. The Morgan fingerprint density at radius 2 is 1.82 bits per heavy atom. The molecule has 1 aromatic carbocycles. The highest BCUT2D eigenvalue weighted by molar-refractivity contribution is 5.43. The van der Waals surface area contributed by atoms with Gasteiger partial charge >= 0.3 is 0 Å². The van der Waals surface area contributed by atoms with E-state index in [1.54, 1.807) is 0 Å².